The van der Waals surface area contributed by atoms with E-state index in [2.05, 4.69) is 69.2 Å². The first-order valence-corrected chi connectivity index (χ1v) is 8.93. The summed E-state index contributed by atoms with van der Waals surface area (Å²) in [6, 6.07) is 0. The Morgan fingerprint density at radius 3 is 1.41 bits per heavy atom. The van der Waals surface area contributed by atoms with E-state index in [-0.39, 0.29) is 28.6 Å². The SMILES string of the molecule is CCC1OC(OC)C(C(C)(C)C)C(C(C)(C)C)C1C(C)(C)C. The predicted molar refractivity (Wildman–Crippen MR) is 94.8 cm³/mol. The van der Waals surface area contributed by atoms with Crippen molar-refractivity contribution in [1.29, 1.82) is 0 Å². The second-order valence-electron chi connectivity index (χ2n) is 10.4. The lowest BCUT2D eigenvalue weighted by Crippen LogP contribution is -2.59. The van der Waals surface area contributed by atoms with E-state index in [1.54, 1.807) is 7.11 Å². The molecule has 0 aliphatic carbocycles. The summed E-state index contributed by atoms with van der Waals surface area (Å²) in [5.74, 6) is 1.49. The van der Waals surface area contributed by atoms with Gasteiger partial charge in [0.1, 0.15) is 0 Å². The first kappa shape index (κ1) is 20.0. The number of methoxy groups -OCH3 is 1. The maximum atomic E-state index is 6.47. The summed E-state index contributed by atoms with van der Waals surface area (Å²) in [5.41, 5.74) is 0.603. The Morgan fingerprint density at radius 1 is 0.727 bits per heavy atom. The van der Waals surface area contributed by atoms with E-state index in [0.717, 1.165) is 6.42 Å². The zero-order chi connectivity index (χ0) is 17.5. The molecule has 2 heteroatoms. The highest BCUT2D eigenvalue weighted by molar-refractivity contribution is 5.01. The Bertz CT molecular complexity index is 325. The van der Waals surface area contributed by atoms with Gasteiger partial charge in [-0.05, 0) is 34.5 Å². The summed E-state index contributed by atoms with van der Waals surface area (Å²) < 4.78 is 12.3. The van der Waals surface area contributed by atoms with E-state index >= 15 is 0 Å². The lowest BCUT2D eigenvalue weighted by atomic mass is 9.52. The van der Waals surface area contributed by atoms with E-state index < -0.39 is 0 Å². The minimum atomic E-state index is -0.104. The molecular formula is C20H40O2. The van der Waals surface area contributed by atoms with Crippen LogP contribution in [0.25, 0.3) is 0 Å². The number of rotatable bonds is 2. The molecule has 2 nitrogen and oxygen atoms in total. The van der Waals surface area contributed by atoms with Gasteiger partial charge in [-0.2, -0.15) is 0 Å². The van der Waals surface area contributed by atoms with E-state index in [1.807, 2.05) is 0 Å². The fourth-order valence-electron chi connectivity index (χ4n) is 4.64. The molecule has 0 aromatic rings. The topological polar surface area (TPSA) is 18.5 Å². The third-order valence-corrected chi connectivity index (χ3v) is 5.41. The van der Waals surface area contributed by atoms with Crippen LogP contribution in [0.15, 0.2) is 0 Å². The van der Waals surface area contributed by atoms with E-state index in [9.17, 15) is 0 Å². The third kappa shape index (κ3) is 4.06. The number of ether oxygens (including phenoxy) is 2. The average molecular weight is 313 g/mol. The minimum Gasteiger partial charge on any atom is -0.356 e. The zero-order valence-corrected chi connectivity index (χ0v) is 16.9. The van der Waals surface area contributed by atoms with Gasteiger partial charge >= 0.3 is 0 Å². The highest BCUT2D eigenvalue weighted by atomic mass is 16.7. The molecule has 1 fully saturated rings. The molecule has 0 amide bonds. The third-order valence-electron chi connectivity index (χ3n) is 5.41. The second kappa shape index (κ2) is 6.43. The van der Waals surface area contributed by atoms with Crippen LogP contribution in [0, 0.1) is 34.0 Å². The number of hydrogen-bond acceptors (Lipinski definition) is 2. The summed E-state index contributed by atoms with van der Waals surface area (Å²) in [6.07, 6.45) is 1.21. The Balaban J connectivity index is 3.46. The fraction of sp³-hybridized carbons (Fsp3) is 1.00. The minimum absolute atomic E-state index is 0.104. The lowest BCUT2D eigenvalue weighted by molar-refractivity contribution is -0.291. The van der Waals surface area contributed by atoms with Gasteiger partial charge < -0.3 is 9.47 Å². The van der Waals surface area contributed by atoms with Crippen LogP contribution in [0.3, 0.4) is 0 Å². The van der Waals surface area contributed by atoms with Gasteiger partial charge in [-0.1, -0.05) is 69.2 Å². The smallest absolute Gasteiger partial charge is 0.161 e. The molecule has 0 radical (unpaired) electrons. The highest BCUT2D eigenvalue weighted by Crippen LogP contribution is 2.56. The van der Waals surface area contributed by atoms with Crippen LogP contribution in [0.2, 0.25) is 0 Å². The molecule has 0 bridgehead atoms. The zero-order valence-electron chi connectivity index (χ0n) is 16.9. The van der Waals surface area contributed by atoms with Gasteiger partial charge in [0.15, 0.2) is 6.29 Å². The normalized spacial score (nSPS) is 34.8. The maximum absolute atomic E-state index is 6.47. The van der Waals surface area contributed by atoms with Crippen molar-refractivity contribution in [3.05, 3.63) is 0 Å². The van der Waals surface area contributed by atoms with Crippen LogP contribution < -0.4 is 0 Å². The Kier molecular flexibility index (Phi) is 5.84. The van der Waals surface area contributed by atoms with Gasteiger partial charge in [-0.25, -0.2) is 0 Å². The Morgan fingerprint density at radius 2 is 1.14 bits per heavy atom. The van der Waals surface area contributed by atoms with Gasteiger partial charge in [0, 0.05) is 13.0 Å². The molecule has 0 saturated carbocycles. The molecule has 5 unspecified atom stereocenters. The van der Waals surface area contributed by atoms with E-state index in [1.165, 1.54) is 0 Å². The quantitative estimate of drug-likeness (QED) is 0.646. The summed E-state index contributed by atoms with van der Waals surface area (Å²) in [7, 11) is 1.80. The van der Waals surface area contributed by atoms with Crippen LogP contribution in [0.5, 0.6) is 0 Å². The van der Waals surface area contributed by atoms with Crippen molar-refractivity contribution in [1.82, 2.24) is 0 Å². The largest absolute Gasteiger partial charge is 0.356 e. The summed E-state index contributed by atoms with van der Waals surface area (Å²) in [5, 5.41) is 0. The first-order valence-electron chi connectivity index (χ1n) is 8.93. The van der Waals surface area contributed by atoms with Crippen molar-refractivity contribution in [2.24, 2.45) is 34.0 Å². The van der Waals surface area contributed by atoms with Gasteiger partial charge in [0.25, 0.3) is 0 Å². The van der Waals surface area contributed by atoms with Crippen LogP contribution in [-0.2, 0) is 9.47 Å². The second-order valence-corrected chi connectivity index (χ2v) is 10.4. The summed E-state index contributed by atoms with van der Waals surface area (Å²) in [6.45, 7) is 23.5. The Hall–Kier alpha value is -0.0800. The van der Waals surface area contributed by atoms with E-state index in [4.69, 9.17) is 9.47 Å². The maximum Gasteiger partial charge on any atom is 0.161 e. The lowest BCUT2D eigenvalue weighted by Gasteiger charge is -2.58. The van der Waals surface area contributed by atoms with Gasteiger partial charge in [-0.3, -0.25) is 0 Å². The van der Waals surface area contributed by atoms with Crippen LogP contribution >= 0.6 is 0 Å². The molecule has 22 heavy (non-hydrogen) atoms. The molecule has 5 atom stereocenters. The van der Waals surface area contributed by atoms with Crippen molar-refractivity contribution in [3.8, 4) is 0 Å². The van der Waals surface area contributed by atoms with Crippen molar-refractivity contribution >= 4 is 0 Å². The standard InChI is InChI=1S/C20H40O2/c1-12-13-14(18(2,3)4)15(19(5,6)7)16(20(8,9)10)17(21-11)22-13/h13-17H,12H2,1-11H3. The van der Waals surface area contributed by atoms with Gasteiger partial charge in [0.2, 0.25) is 0 Å². The van der Waals surface area contributed by atoms with Crippen LogP contribution in [-0.4, -0.2) is 19.5 Å². The van der Waals surface area contributed by atoms with Gasteiger partial charge in [-0.15, -0.1) is 0 Å². The van der Waals surface area contributed by atoms with Crippen LogP contribution in [0.1, 0.15) is 75.7 Å². The summed E-state index contributed by atoms with van der Waals surface area (Å²) in [4.78, 5) is 0. The fourth-order valence-corrected chi connectivity index (χ4v) is 4.64. The van der Waals surface area contributed by atoms with Crippen molar-refractivity contribution in [2.75, 3.05) is 7.11 Å². The molecule has 0 aromatic carbocycles. The molecule has 1 aliphatic heterocycles. The molecule has 0 spiro atoms. The average Bonchev–Trinajstić information content (AvgIpc) is 2.32. The molecule has 1 heterocycles. The summed E-state index contributed by atoms with van der Waals surface area (Å²) >= 11 is 0. The number of hydrogen-bond donors (Lipinski definition) is 0. The van der Waals surface area contributed by atoms with E-state index in [0.29, 0.717) is 17.8 Å². The molecule has 0 aromatic heterocycles. The molecule has 1 aliphatic rings. The molecule has 132 valence electrons. The van der Waals surface area contributed by atoms with Crippen LogP contribution in [0.4, 0.5) is 0 Å². The monoisotopic (exact) mass is 312 g/mol. The van der Waals surface area contributed by atoms with Crippen molar-refractivity contribution < 1.29 is 9.47 Å². The molecular weight excluding hydrogens is 272 g/mol. The van der Waals surface area contributed by atoms with Crippen molar-refractivity contribution in [3.63, 3.8) is 0 Å². The van der Waals surface area contributed by atoms with Gasteiger partial charge in [0.05, 0.1) is 6.10 Å². The highest BCUT2D eigenvalue weighted by Gasteiger charge is 2.56. The molecule has 1 rings (SSSR count). The first-order chi connectivity index (χ1) is 9.75. The molecule has 1 saturated heterocycles. The predicted octanol–water partition coefficient (Wildman–Crippen LogP) is 5.75. The molecule has 0 N–H and O–H groups in total. The van der Waals surface area contributed by atoms with Crippen molar-refractivity contribution in [2.45, 2.75) is 88.1 Å². The Labute approximate surface area is 139 Å².